The average molecular weight is 277 g/mol. The summed E-state index contributed by atoms with van der Waals surface area (Å²) in [7, 11) is 0. The van der Waals surface area contributed by atoms with E-state index in [9.17, 15) is 19.8 Å². The van der Waals surface area contributed by atoms with Crippen LogP contribution in [-0.2, 0) is 16.0 Å². The number of aromatic hydroxyl groups is 1. The molecular formula is C15H19NO4. The van der Waals surface area contributed by atoms with E-state index in [0.717, 1.165) is 24.8 Å². The second-order valence-electron chi connectivity index (χ2n) is 5.34. The van der Waals surface area contributed by atoms with Crippen molar-refractivity contribution >= 4 is 11.9 Å². The van der Waals surface area contributed by atoms with Crippen molar-refractivity contribution in [2.75, 3.05) is 0 Å². The van der Waals surface area contributed by atoms with Gasteiger partial charge in [-0.3, -0.25) is 4.79 Å². The highest BCUT2D eigenvalue weighted by molar-refractivity contribution is 5.88. The van der Waals surface area contributed by atoms with E-state index in [1.165, 1.54) is 12.1 Å². The number of rotatable bonds is 4. The van der Waals surface area contributed by atoms with Crippen LogP contribution >= 0.6 is 0 Å². The van der Waals surface area contributed by atoms with Crippen molar-refractivity contribution in [1.82, 2.24) is 5.32 Å². The van der Waals surface area contributed by atoms with Crippen molar-refractivity contribution in [3.8, 4) is 5.75 Å². The van der Waals surface area contributed by atoms with Crippen LogP contribution in [0.25, 0.3) is 0 Å². The van der Waals surface area contributed by atoms with Gasteiger partial charge >= 0.3 is 5.97 Å². The van der Waals surface area contributed by atoms with E-state index in [4.69, 9.17) is 0 Å². The fourth-order valence-corrected chi connectivity index (χ4v) is 2.66. The lowest BCUT2D eigenvalue weighted by atomic mass is 9.81. The molecule has 1 aliphatic rings. The zero-order valence-corrected chi connectivity index (χ0v) is 11.3. The normalized spacial score (nSPS) is 17.4. The van der Waals surface area contributed by atoms with Gasteiger partial charge in [0.05, 0.1) is 6.42 Å². The molecule has 5 nitrogen and oxygen atoms in total. The second-order valence-corrected chi connectivity index (χ2v) is 5.34. The molecule has 1 aliphatic carbocycles. The first-order valence-electron chi connectivity index (χ1n) is 6.84. The Hall–Kier alpha value is -2.04. The first-order chi connectivity index (χ1) is 9.52. The van der Waals surface area contributed by atoms with E-state index in [2.05, 4.69) is 5.32 Å². The topological polar surface area (TPSA) is 86.6 Å². The Balaban J connectivity index is 2.01. The van der Waals surface area contributed by atoms with Crippen molar-refractivity contribution in [3.05, 3.63) is 29.8 Å². The molecular weight excluding hydrogens is 258 g/mol. The summed E-state index contributed by atoms with van der Waals surface area (Å²) in [6.07, 6.45) is 3.77. The van der Waals surface area contributed by atoms with E-state index in [1.807, 2.05) is 0 Å². The minimum Gasteiger partial charge on any atom is -0.508 e. The number of hydrogen-bond acceptors (Lipinski definition) is 3. The summed E-state index contributed by atoms with van der Waals surface area (Å²) in [5, 5.41) is 21.3. The number of carbonyl (C=O) groups is 2. The molecule has 0 aliphatic heterocycles. The Morgan fingerprint density at radius 3 is 2.25 bits per heavy atom. The van der Waals surface area contributed by atoms with Crippen molar-refractivity contribution < 1.29 is 19.8 Å². The zero-order chi connectivity index (χ0) is 14.6. The van der Waals surface area contributed by atoms with Crippen LogP contribution in [-0.4, -0.2) is 27.6 Å². The molecule has 0 bridgehead atoms. The first-order valence-corrected chi connectivity index (χ1v) is 6.84. The van der Waals surface area contributed by atoms with Crippen molar-refractivity contribution in [1.29, 1.82) is 0 Å². The molecule has 0 spiro atoms. The number of phenols is 1. The van der Waals surface area contributed by atoms with Gasteiger partial charge in [0.1, 0.15) is 11.3 Å². The molecule has 1 fully saturated rings. The van der Waals surface area contributed by atoms with Crippen LogP contribution < -0.4 is 5.32 Å². The Labute approximate surface area is 117 Å². The average Bonchev–Trinajstić information content (AvgIpc) is 2.42. The standard InChI is InChI=1S/C15H19NO4/c17-12-6-4-11(5-7-12)10-13(18)16-15(14(19)20)8-2-1-3-9-15/h4-7,17H,1-3,8-10H2,(H,16,18)(H,19,20). The molecule has 0 unspecified atom stereocenters. The van der Waals surface area contributed by atoms with Crippen molar-refractivity contribution in [2.45, 2.75) is 44.1 Å². The number of carboxylic acids is 1. The summed E-state index contributed by atoms with van der Waals surface area (Å²) in [5.41, 5.74) is -0.358. The minimum atomic E-state index is -1.10. The molecule has 0 heterocycles. The number of amides is 1. The summed E-state index contributed by atoms with van der Waals surface area (Å²) in [4.78, 5) is 23.5. The Bertz CT molecular complexity index is 489. The number of carboxylic acid groups (broad SMARTS) is 1. The molecule has 0 saturated heterocycles. The highest BCUT2D eigenvalue weighted by Gasteiger charge is 2.40. The third kappa shape index (κ3) is 3.29. The monoisotopic (exact) mass is 277 g/mol. The van der Waals surface area contributed by atoms with E-state index >= 15 is 0 Å². The summed E-state index contributed by atoms with van der Waals surface area (Å²) in [6.45, 7) is 0. The predicted molar refractivity (Wildman–Crippen MR) is 73.4 cm³/mol. The van der Waals surface area contributed by atoms with E-state index in [0.29, 0.717) is 12.8 Å². The molecule has 20 heavy (non-hydrogen) atoms. The Morgan fingerprint density at radius 2 is 1.70 bits per heavy atom. The van der Waals surface area contributed by atoms with Gasteiger partial charge in [-0.2, -0.15) is 0 Å². The minimum absolute atomic E-state index is 0.120. The quantitative estimate of drug-likeness (QED) is 0.783. The largest absolute Gasteiger partial charge is 0.508 e. The van der Waals surface area contributed by atoms with Crippen LogP contribution in [0.2, 0.25) is 0 Å². The van der Waals surface area contributed by atoms with Gasteiger partial charge in [0.2, 0.25) is 5.91 Å². The number of nitrogens with one attached hydrogen (secondary N) is 1. The van der Waals surface area contributed by atoms with Gasteiger partial charge < -0.3 is 15.5 Å². The van der Waals surface area contributed by atoms with Crippen molar-refractivity contribution in [2.24, 2.45) is 0 Å². The fraction of sp³-hybridized carbons (Fsp3) is 0.467. The predicted octanol–water partition coefficient (Wildman–Crippen LogP) is 1.84. The summed E-state index contributed by atoms with van der Waals surface area (Å²) in [6, 6.07) is 6.33. The van der Waals surface area contributed by atoms with Crippen LogP contribution in [0.15, 0.2) is 24.3 Å². The molecule has 0 aromatic heterocycles. The number of phenolic OH excluding ortho intramolecular Hbond substituents is 1. The van der Waals surface area contributed by atoms with E-state index in [-0.39, 0.29) is 18.1 Å². The molecule has 1 aromatic carbocycles. The number of hydrogen-bond donors (Lipinski definition) is 3. The van der Waals surface area contributed by atoms with Gasteiger partial charge in [0, 0.05) is 0 Å². The van der Waals surface area contributed by atoms with Crippen LogP contribution in [0.5, 0.6) is 5.75 Å². The lowest BCUT2D eigenvalue weighted by Crippen LogP contribution is -2.55. The molecule has 3 N–H and O–H groups in total. The molecule has 5 heteroatoms. The van der Waals surface area contributed by atoms with Crippen LogP contribution in [0.3, 0.4) is 0 Å². The molecule has 0 atom stereocenters. The fourth-order valence-electron chi connectivity index (χ4n) is 2.66. The van der Waals surface area contributed by atoms with Gasteiger partial charge in [0.25, 0.3) is 0 Å². The summed E-state index contributed by atoms with van der Waals surface area (Å²) in [5.74, 6) is -1.10. The first kappa shape index (κ1) is 14.4. The number of aliphatic carboxylic acids is 1. The summed E-state index contributed by atoms with van der Waals surface area (Å²) >= 11 is 0. The van der Waals surface area contributed by atoms with Crippen LogP contribution in [0.1, 0.15) is 37.7 Å². The van der Waals surface area contributed by atoms with Gasteiger partial charge in [-0.25, -0.2) is 4.79 Å². The SMILES string of the molecule is O=C(Cc1ccc(O)cc1)NC1(C(=O)O)CCCCC1. The number of benzene rings is 1. The highest BCUT2D eigenvalue weighted by atomic mass is 16.4. The second kappa shape index (κ2) is 5.94. The molecule has 1 saturated carbocycles. The molecule has 2 rings (SSSR count). The smallest absolute Gasteiger partial charge is 0.329 e. The molecule has 1 aromatic rings. The Morgan fingerprint density at radius 1 is 1.10 bits per heavy atom. The third-order valence-electron chi connectivity index (χ3n) is 3.80. The lowest BCUT2D eigenvalue weighted by molar-refractivity contribution is -0.149. The maximum Gasteiger partial charge on any atom is 0.329 e. The lowest BCUT2D eigenvalue weighted by Gasteiger charge is -2.34. The Kier molecular flexibility index (Phi) is 4.27. The van der Waals surface area contributed by atoms with Crippen molar-refractivity contribution in [3.63, 3.8) is 0 Å². The summed E-state index contributed by atoms with van der Waals surface area (Å²) < 4.78 is 0. The van der Waals surface area contributed by atoms with Gasteiger partial charge in [-0.1, -0.05) is 31.4 Å². The molecule has 0 radical (unpaired) electrons. The van der Waals surface area contributed by atoms with E-state index < -0.39 is 11.5 Å². The highest BCUT2D eigenvalue weighted by Crippen LogP contribution is 2.28. The number of carbonyl (C=O) groups excluding carboxylic acids is 1. The molecule has 108 valence electrons. The van der Waals surface area contributed by atoms with Crippen LogP contribution in [0, 0.1) is 0 Å². The maximum absolute atomic E-state index is 12.0. The van der Waals surface area contributed by atoms with Gasteiger partial charge in [-0.15, -0.1) is 0 Å². The van der Waals surface area contributed by atoms with E-state index in [1.54, 1.807) is 12.1 Å². The zero-order valence-electron chi connectivity index (χ0n) is 11.3. The van der Waals surface area contributed by atoms with Gasteiger partial charge in [-0.05, 0) is 30.5 Å². The third-order valence-corrected chi connectivity index (χ3v) is 3.80. The van der Waals surface area contributed by atoms with Crippen LogP contribution in [0.4, 0.5) is 0 Å². The van der Waals surface area contributed by atoms with Gasteiger partial charge in [0.15, 0.2) is 0 Å². The molecule has 1 amide bonds. The maximum atomic E-state index is 12.0.